The molecule has 3 rings (SSSR count). The molecule has 0 spiro atoms. The van der Waals surface area contributed by atoms with Gasteiger partial charge in [0, 0.05) is 135 Å². The minimum absolute atomic E-state index is 0.156. The summed E-state index contributed by atoms with van der Waals surface area (Å²) in [5.74, 6) is -23.9. The molecule has 3 heterocycles. The molecule has 0 saturated carbocycles. The summed E-state index contributed by atoms with van der Waals surface area (Å²) >= 11 is 0. The first-order valence-electron chi connectivity index (χ1n) is 37.6. The van der Waals surface area contributed by atoms with Crippen molar-refractivity contribution in [3.05, 3.63) is 0 Å². The molecular weight excluding hydrogens is 1670 g/mol. The first-order valence-corrected chi connectivity index (χ1v) is 37.6. The molecule has 13 N–H and O–H groups in total. The van der Waals surface area contributed by atoms with Gasteiger partial charge in [0.05, 0.1) is 33.0 Å². The van der Waals surface area contributed by atoms with Crippen molar-refractivity contribution in [3.63, 3.8) is 0 Å². The number of rotatable bonds is 46. The van der Waals surface area contributed by atoms with Gasteiger partial charge in [-0.2, -0.15) is 0 Å². The van der Waals surface area contributed by atoms with Gasteiger partial charge < -0.3 is 162 Å². The molecular formula is C72H108N4O47. The van der Waals surface area contributed by atoms with E-state index in [2.05, 4.69) is 16.0 Å². The van der Waals surface area contributed by atoms with Gasteiger partial charge in [0.15, 0.2) is 92.1 Å². The molecule has 0 radical (unpaired) electrons. The summed E-state index contributed by atoms with van der Waals surface area (Å²) in [7, 11) is 0. The second-order valence-corrected chi connectivity index (χ2v) is 27.8. The number of ether oxygens (including phenoxy) is 21. The van der Waals surface area contributed by atoms with Gasteiger partial charge in [0.25, 0.3) is 17.7 Å². The molecule has 3 amide bonds. The molecule has 27 atom stereocenters. The van der Waals surface area contributed by atoms with Gasteiger partial charge in [-0.15, -0.1) is 0 Å². The zero-order valence-electron chi connectivity index (χ0n) is 69.7. The fourth-order valence-corrected chi connectivity index (χ4v) is 12.8. The number of nitrogens with one attached hydrogen (secondary N) is 3. The summed E-state index contributed by atoms with van der Waals surface area (Å²) in [6.07, 6.45) is -60.9. The summed E-state index contributed by atoms with van der Waals surface area (Å²) in [4.78, 5) is 240. The lowest BCUT2D eigenvalue weighted by molar-refractivity contribution is -0.330. The number of carbonyl (C=O) groups is 18. The van der Waals surface area contributed by atoms with E-state index >= 15 is 14.4 Å². The minimum Gasteiger partial charge on any atom is -0.456 e. The lowest BCUT2D eigenvalue weighted by Crippen LogP contribution is -2.65. The molecule has 3 saturated heterocycles. The van der Waals surface area contributed by atoms with Crippen LogP contribution in [0.2, 0.25) is 0 Å². The van der Waals surface area contributed by atoms with Crippen molar-refractivity contribution < 1.29 is 227 Å². The van der Waals surface area contributed by atoms with Crippen LogP contribution in [-0.2, 0) is 186 Å². The zero-order chi connectivity index (χ0) is 93.5. The average Bonchev–Trinajstić information content (AvgIpc) is 0.784. The third-order valence-corrected chi connectivity index (χ3v) is 17.6. The summed E-state index contributed by atoms with van der Waals surface area (Å²) in [6.45, 7) is 1.78. The summed E-state index contributed by atoms with van der Waals surface area (Å²) in [5, 5.41) is 94.9. The van der Waals surface area contributed by atoms with Crippen LogP contribution < -0.4 is 21.7 Å². The highest BCUT2D eigenvalue weighted by Gasteiger charge is 2.60. The minimum atomic E-state index is -2.77. The lowest BCUT2D eigenvalue weighted by Gasteiger charge is -2.46. The Bertz CT molecular complexity index is 3300. The van der Waals surface area contributed by atoms with Crippen LogP contribution in [0, 0.1) is 5.41 Å². The second-order valence-electron chi connectivity index (χ2n) is 27.8. The number of hydrogen-bond donors (Lipinski definition) is 12. The Balaban J connectivity index is 2.55. The highest BCUT2D eigenvalue weighted by Crippen LogP contribution is 2.37. The molecule has 3 aliphatic rings. The Kier molecular flexibility index (Phi) is 44.0. The maximum Gasteiger partial charge on any atom is 0.303 e. The van der Waals surface area contributed by atoms with E-state index in [0.717, 1.165) is 62.3 Å². The maximum atomic E-state index is 15.4. The van der Waals surface area contributed by atoms with E-state index < -0.39 is 337 Å². The van der Waals surface area contributed by atoms with Gasteiger partial charge in [0.2, 0.25) is 18.3 Å². The monoisotopic (exact) mass is 1780 g/mol. The van der Waals surface area contributed by atoms with Crippen molar-refractivity contribution in [1.29, 1.82) is 0 Å². The van der Waals surface area contributed by atoms with E-state index in [-0.39, 0.29) is 6.42 Å². The number of hydrogen-bond acceptors (Lipinski definition) is 48. The Morgan fingerprint density at radius 2 is 0.504 bits per heavy atom. The van der Waals surface area contributed by atoms with E-state index in [1.807, 2.05) is 0 Å². The van der Waals surface area contributed by atoms with Crippen molar-refractivity contribution in [3.8, 4) is 0 Å². The third kappa shape index (κ3) is 32.8. The van der Waals surface area contributed by atoms with Gasteiger partial charge in [-0.3, -0.25) is 86.3 Å². The first kappa shape index (κ1) is 107. The average molecular weight is 1780 g/mol. The largest absolute Gasteiger partial charge is 0.456 e. The van der Waals surface area contributed by atoms with Crippen LogP contribution in [0.1, 0.15) is 117 Å². The standard InChI is InChI=1S/C72H108N4O47/c1-17-45-51(103-27(2)82)57(109-33(8)88)63(115-39(14)94)69(118-45)121-48(42(97)18-77)54(106-30(5)85)60(112-36(11)91)66(100)74-24-72(23-73,25-75-67(101)61(113-37(12)92)55(107-31(6)86)49(43(98)19-78)122-70-64(116-40(15)95)58(110-34(9)89)52(104-28(3)83)46(21-80)119-70)26-76-68(102)62(114-38(13)93)56(108-32(7)87)50(44(99)20-79)123-71-65(117-41(16)96)59(111-35(10)90)53(105-29(4)84)47(22-81)120-71/h42-65,69-71,77-81,97-99H,17-26,73H2,1-16H3,(H,74,100)(H,75,101)(H,76,102). The van der Waals surface area contributed by atoms with Gasteiger partial charge in [-0.25, -0.2) is 0 Å². The number of carbonyl (C=O) groups excluding carboxylic acids is 18. The van der Waals surface area contributed by atoms with Crippen molar-refractivity contribution >= 4 is 107 Å². The summed E-state index contributed by atoms with van der Waals surface area (Å²) in [6, 6.07) is 0. The van der Waals surface area contributed by atoms with Gasteiger partial charge in [-0.05, 0) is 6.42 Å². The lowest BCUT2D eigenvalue weighted by atomic mass is 9.86. The molecule has 3 aliphatic heterocycles. The molecule has 0 bridgehead atoms. The van der Waals surface area contributed by atoms with Crippen LogP contribution in [0.5, 0.6) is 0 Å². The van der Waals surface area contributed by atoms with Crippen LogP contribution in [0.25, 0.3) is 0 Å². The second kappa shape index (κ2) is 50.6. The van der Waals surface area contributed by atoms with E-state index in [4.69, 9.17) is 105 Å². The Hall–Kier alpha value is -10.1. The molecule has 698 valence electrons. The fourth-order valence-electron chi connectivity index (χ4n) is 12.8. The highest BCUT2D eigenvalue weighted by molar-refractivity contribution is 5.87. The van der Waals surface area contributed by atoms with Gasteiger partial charge >= 0.3 is 89.5 Å². The molecule has 0 aliphatic carbocycles. The van der Waals surface area contributed by atoms with Crippen molar-refractivity contribution in [2.75, 3.05) is 59.2 Å². The van der Waals surface area contributed by atoms with Crippen LogP contribution in [0.3, 0.4) is 0 Å². The first-order chi connectivity index (χ1) is 57.5. The molecule has 51 nitrogen and oxygen atoms in total. The topological polar surface area (TPSA) is 725 Å². The number of aliphatic hydroxyl groups is 8. The van der Waals surface area contributed by atoms with E-state index in [9.17, 15) is 113 Å². The SMILES string of the molecule is CCC1OC(OC(C(O)CO)C(OC(C)=O)C(OC(C)=O)C(=O)NCC(CN)(CNC(=O)C(OC(C)=O)C(OC(C)=O)C(OC2OC(CO)C(OC(C)=O)C(OC(C)=O)C2OC(C)=O)C(O)CO)CNC(=O)C(OC(C)=O)C(OC(C)=O)C(OC2OC(CO)C(OC(C)=O)C(OC(C)=O)C2OC(C)=O)C(O)CO)C(OC(C)=O)C(OC(C)=O)C1OC(C)=O. The van der Waals surface area contributed by atoms with Crippen LogP contribution >= 0.6 is 0 Å². The maximum absolute atomic E-state index is 15.4. The molecule has 0 aromatic rings. The third-order valence-electron chi connectivity index (χ3n) is 17.6. The van der Waals surface area contributed by atoms with Crippen molar-refractivity contribution in [2.45, 2.75) is 283 Å². The zero-order valence-corrected chi connectivity index (χ0v) is 69.7. The molecule has 0 aromatic heterocycles. The van der Waals surface area contributed by atoms with Crippen LogP contribution in [0.4, 0.5) is 0 Å². The summed E-state index contributed by atoms with van der Waals surface area (Å²) < 4.78 is 117. The Morgan fingerprint density at radius 1 is 0.301 bits per heavy atom. The highest BCUT2D eigenvalue weighted by atomic mass is 16.8. The Labute approximate surface area is 700 Å². The summed E-state index contributed by atoms with van der Waals surface area (Å²) in [5.41, 5.74) is 4.09. The molecule has 51 heteroatoms. The fraction of sp³-hybridized carbons (Fsp3) is 0.750. The van der Waals surface area contributed by atoms with E-state index in [0.29, 0.717) is 41.5 Å². The molecule has 3 fully saturated rings. The number of aliphatic hydroxyl groups excluding tert-OH is 8. The van der Waals surface area contributed by atoms with Crippen molar-refractivity contribution in [1.82, 2.24) is 16.0 Å². The quantitative estimate of drug-likeness (QED) is 0.0199. The predicted molar refractivity (Wildman–Crippen MR) is 388 cm³/mol. The molecule has 0 aromatic carbocycles. The van der Waals surface area contributed by atoms with Gasteiger partial charge in [-0.1, -0.05) is 6.92 Å². The van der Waals surface area contributed by atoms with E-state index in [1.165, 1.54) is 6.92 Å². The Morgan fingerprint density at radius 3 is 0.691 bits per heavy atom. The van der Waals surface area contributed by atoms with Crippen molar-refractivity contribution in [2.24, 2.45) is 11.1 Å². The van der Waals surface area contributed by atoms with Crippen LogP contribution in [-0.4, -0.2) is 373 Å². The number of amides is 3. The van der Waals surface area contributed by atoms with Crippen LogP contribution in [0.15, 0.2) is 0 Å². The normalized spacial score (nSPS) is 25.8. The van der Waals surface area contributed by atoms with Gasteiger partial charge in [0.1, 0.15) is 54.9 Å². The molecule has 27 unspecified atom stereocenters. The van der Waals surface area contributed by atoms with E-state index in [1.54, 1.807) is 0 Å². The predicted octanol–water partition coefficient (Wildman–Crippen LogP) is -8.96. The number of nitrogens with two attached hydrogens (primary N) is 1. The molecule has 123 heavy (non-hydrogen) atoms. The number of esters is 15. The smallest absolute Gasteiger partial charge is 0.303 e.